The topological polar surface area (TPSA) is 79.3 Å². The van der Waals surface area contributed by atoms with Gasteiger partial charge in [0.15, 0.2) is 6.61 Å². The Hall–Kier alpha value is -3.22. The number of benzene rings is 2. The van der Waals surface area contributed by atoms with Crippen molar-refractivity contribution in [2.75, 3.05) is 38.3 Å². The van der Waals surface area contributed by atoms with E-state index in [9.17, 15) is 9.59 Å². The summed E-state index contributed by atoms with van der Waals surface area (Å²) in [5.74, 6) is 0.323. The summed E-state index contributed by atoms with van der Waals surface area (Å²) in [6, 6.07) is 15.3. The molecular formula is C24H30N2O5. The summed E-state index contributed by atoms with van der Waals surface area (Å²) < 4.78 is 11.0. The van der Waals surface area contributed by atoms with E-state index in [0.717, 1.165) is 30.1 Å². The molecule has 1 heterocycles. The number of nitrogens with zero attached hydrogens (tertiary/aromatic N) is 2. The lowest BCUT2D eigenvalue weighted by molar-refractivity contribution is -0.142. The van der Waals surface area contributed by atoms with Gasteiger partial charge in [-0.2, -0.15) is 0 Å². The van der Waals surface area contributed by atoms with Crippen molar-refractivity contribution in [2.45, 2.75) is 26.3 Å². The summed E-state index contributed by atoms with van der Waals surface area (Å²) in [4.78, 5) is 27.5. The summed E-state index contributed by atoms with van der Waals surface area (Å²) >= 11 is 0. The fraction of sp³-hybridized carbons (Fsp3) is 0.417. The zero-order valence-corrected chi connectivity index (χ0v) is 18.1. The van der Waals surface area contributed by atoms with Gasteiger partial charge in [0.2, 0.25) is 0 Å². The van der Waals surface area contributed by atoms with Gasteiger partial charge in [0.05, 0.1) is 12.5 Å². The highest BCUT2D eigenvalue weighted by atomic mass is 16.5. The number of anilines is 1. The molecule has 0 aliphatic carbocycles. The first-order valence-electron chi connectivity index (χ1n) is 10.6. The zero-order chi connectivity index (χ0) is 22.2. The zero-order valence-electron chi connectivity index (χ0n) is 18.1. The third kappa shape index (κ3) is 6.38. The van der Waals surface area contributed by atoms with Crippen LogP contribution in [0, 0.1) is 5.92 Å². The fourth-order valence-corrected chi connectivity index (χ4v) is 3.65. The summed E-state index contributed by atoms with van der Waals surface area (Å²) in [7, 11) is 1.76. The molecule has 1 aliphatic rings. The molecule has 2 aromatic rings. The maximum absolute atomic E-state index is 12.5. The minimum Gasteiger partial charge on any atom is -0.494 e. The molecule has 0 spiro atoms. The predicted molar refractivity (Wildman–Crippen MR) is 119 cm³/mol. The number of piperidine rings is 1. The molecule has 3 rings (SSSR count). The highest BCUT2D eigenvalue weighted by Crippen LogP contribution is 2.24. The van der Waals surface area contributed by atoms with Crippen molar-refractivity contribution in [3.8, 4) is 11.5 Å². The SMILES string of the molecule is CCOc1ccc(OCC(=O)N(C)Cc2cccc(N3CCC(C(=O)O)CC3)c2)cc1. The molecule has 7 heteroatoms. The smallest absolute Gasteiger partial charge is 0.306 e. The van der Waals surface area contributed by atoms with Gasteiger partial charge in [0.25, 0.3) is 5.91 Å². The number of carbonyl (C=O) groups is 2. The van der Waals surface area contributed by atoms with Gasteiger partial charge >= 0.3 is 5.97 Å². The molecule has 0 atom stereocenters. The van der Waals surface area contributed by atoms with Crippen LogP contribution in [-0.2, 0) is 16.1 Å². The van der Waals surface area contributed by atoms with Crippen molar-refractivity contribution in [3.05, 3.63) is 54.1 Å². The van der Waals surface area contributed by atoms with Crippen LogP contribution in [0.15, 0.2) is 48.5 Å². The Labute approximate surface area is 183 Å². The second kappa shape index (κ2) is 10.7. The fourth-order valence-electron chi connectivity index (χ4n) is 3.65. The normalized spacial score (nSPS) is 14.2. The van der Waals surface area contributed by atoms with E-state index in [-0.39, 0.29) is 18.4 Å². The number of likely N-dealkylation sites (N-methyl/N-ethyl adjacent to an activating group) is 1. The summed E-state index contributed by atoms with van der Waals surface area (Å²) in [6.07, 6.45) is 1.31. The Morgan fingerprint density at radius 2 is 1.71 bits per heavy atom. The van der Waals surface area contributed by atoms with Crippen LogP contribution in [0.1, 0.15) is 25.3 Å². The number of amides is 1. The van der Waals surface area contributed by atoms with Crippen LogP contribution >= 0.6 is 0 Å². The average molecular weight is 427 g/mol. The Morgan fingerprint density at radius 1 is 1.06 bits per heavy atom. The minimum atomic E-state index is -0.707. The second-order valence-corrected chi connectivity index (χ2v) is 7.71. The lowest BCUT2D eigenvalue weighted by atomic mass is 9.96. The van der Waals surface area contributed by atoms with Gasteiger partial charge < -0.3 is 24.4 Å². The van der Waals surface area contributed by atoms with Crippen LogP contribution in [-0.4, -0.2) is 55.2 Å². The largest absolute Gasteiger partial charge is 0.494 e. The molecule has 1 saturated heterocycles. The molecule has 1 N–H and O–H groups in total. The third-order valence-electron chi connectivity index (χ3n) is 5.46. The van der Waals surface area contributed by atoms with E-state index in [1.54, 1.807) is 24.1 Å². The molecule has 166 valence electrons. The van der Waals surface area contributed by atoms with Gasteiger partial charge in [0, 0.05) is 32.4 Å². The predicted octanol–water partition coefficient (Wildman–Crippen LogP) is 3.42. The van der Waals surface area contributed by atoms with Gasteiger partial charge in [-0.25, -0.2) is 0 Å². The highest BCUT2D eigenvalue weighted by molar-refractivity contribution is 5.77. The molecule has 31 heavy (non-hydrogen) atoms. The maximum atomic E-state index is 12.5. The number of aliphatic carboxylic acids is 1. The number of carboxylic acid groups (broad SMARTS) is 1. The number of ether oxygens (including phenoxy) is 2. The first-order valence-corrected chi connectivity index (χ1v) is 10.6. The Morgan fingerprint density at radius 3 is 2.32 bits per heavy atom. The number of carboxylic acids is 1. The van der Waals surface area contributed by atoms with Crippen molar-refractivity contribution in [2.24, 2.45) is 5.92 Å². The summed E-state index contributed by atoms with van der Waals surface area (Å²) in [5.41, 5.74) is 2.09. The Bertz CT molecular complexity index is 876. The maximum Gasteiger partial charge on any atom is 0.306 e. The molecular weight excluding hydrogens is 396 g/mol. The number of hydrogen-bond acceptors (Lipinski definition) is 5. The first kappa shape index (κ1) is 22.5. The molecule has 0 aromatic heterocycles. The van der Waals surface area contributed by atoms with Crippen molar-refractivity contribution in [1.82, 2.24) is 4.90 Å². The van der Waals surface area contributed by atoms with Gasteiger partial charge in [0.1, 0.15) is 11.5 Å². The van der Waals surface area contributed by atoms with E-state index >= 15 is 0 Å². The Kier molecular flexibility index (Phi) is 7.76. The molecule has 0 unspecified atom stereocenters. The van der Waals surface area contributed by atoms with Crippen molar-refractivity contribution in [1.29, 1.82) is 0 Å². The van der Waals surface area contributed by atoms with Crippen LogP contribution in [0.4, 0.5) is 5.69 Å². The quantitative estimate of drug-likeness (QED) is 0.662. The van der Waals surface area contributed by atoms with Crippen LogP contribution in [0.2, 0.25) is 0 Å². The molecule has 2 aromatic carbocycles. The number of carbonyl (C=O) groups excluding carboxylic acids is 1. The monoisotopic (exact) mass is 426 g/mol. The first-order chi connectivity index (χ1) is 15.0. The second-order valence-electron chi connectivity index (χ2n) is 7.71. The number of rotatable bonds is 9. The molecule has 1 amide bonds. The lowest BCUT2D eigenvalue weighted by Crippen LogP contribution is -2.36. The van der Waals surface area contributed by atoms with E-state index in [2.05, 4.69) is 11.0 Å². The van der Waals surface area contributed by atoms with Gasteiger partial charge in [-0.15, -0.1) is 0 Å². The summed E-state index contributed by atoms with van der Waals surface area (Å²) in [5, 5.41) is 9.17. The standard InChI is InChI=1S/C24H30N2O5/c1-3-30-21-7-9-22(10-8-21)31-17-23(27)25(2)16-18-5-4-6-20(15-18)26-13-11-19(12-14-26)24(28)29/h4-10,15,19H,3,11-14,16-17H2,1-2H3,(H,28,29). The van der Waals surface area contributed by atoms with E-state index < -0.39 is 5.97 Å². The van der Waals surface area contributed by atoms with Crippen molar-refractivity contribution in [3.63, 3.8) is 0 Å². The molecule has 0 radical (unpaired) electrons. The van der Waals surface area contributed by atoms with E-state index in [0.29, 0.717) is 31.7 Å². The molecule has 1 fully saturated rings. The summed E-state index contributed by atoms with van der Waals surface area (Å²) in [6.45, 7) is 4.43. The molecule has 7 nitrogen and oxygen atoms in total. The van der Waals surface area contributed by atoms with E-state index in [4.69, 9.17) is 14.6 Å². The van der Waals surface area contributed by atoms with Crippen LogP contribution in [0.3, 0.4) is 0 Å². The van der Waals surface area contributed by atoms with E-state index in [1.807, 2.05) is 37.3 Å². The molecule has 0 bridgehead atoms. The average Bonchev–Trinajstić information content (AvgIpc) is 2.79. The van der Waals surface area contributed by atoms with E-state index in [1.165, 1.54) is 0 Å². The minimum absolute atomic E-state index is 0.0348. The number of hydrogen-bond donors (Lipinski definition) is 1. The van der Waals surface area contributed by atoms with Gasteiger partial charge in [-0.1, -0.05) is 12.1 Å². The molecule has 1 aliphatic heterocycles. The van der Waals surface area contributed by atoms with Crippen LogP contribution in [0.5, 0.6) is 11.5 Å². The Balaban J connectivity index is 1.50. The van der Waals surface area contributed by atoms with Gasteiger partial charge in [-0.3, -0.25) is 9.59 Å². The van der Waals surface area contributed by atoms with Crippen LogP contribution in [0.25, 0.3) is 0 Å². The molecule has 0 saturated carbocycles. The van der Waals surface area contributed by atoms with Crippen molar-refractivity contribution < 1.29 is 24.2 Å². The lowest BCUT2D eigenvalue weighted by Gasteiger charge is -2.32. The van der Waals surface area contributed by atoms with Gasteiger partial charge in [-0.05, 0) is 61.7 Å². The highest BCUT2D eigenvalue weighted by Gasteiger charge is 2.24. The third-order valence-corrected chi connectivity index (χ3v) is 5.46. The van der Waals surface area contributed by atoms with Crippen molar-refractivity contribution >= 4 is 17.6 Å². The van der Waals surface area contributed by atoms with Crippen LogP contribution < -0.4 is 14.4 Å².